The van der Waals surface area contributed by atoms with E-state index in [9.17, 15) is 8.42 Å². The normalized spacial score (nSPS) is 20.8. The van der Waals surface area contributed by atoms with Crippen molar-refractivity contribution in [1.29, 1.82) is 0 Å². The number of sulfone groups is 1. The predicted octanol–water partition coefficient (Wildman–Crippen LogP) is 1.50. The van der Waals surface area contributed by atoms with Crippen molar-refractivity contribution in [2.45, 2.75) is 26.3 Å². The van der Waals surface area contributed by atoms with E-state index in [0.29, 0.717) is 12.2 Å². The van der Waals surface area contributed by atoms with Gasteiger partial charge in [0.1, 0.15) is 5.82 Å². The number of rotatable bonds is 2. The van der Waals surface area contributed by atoms with Crippen molar-refractivity contribution in [3.05, 3.63) is 29.6 Å². The molecule has 1 aliphatic rings. The Labute approximate surface area is 123 Å². The van der Waals surface area contributed by atoms with Crippen LogP contribution in [-0.2, 0) is 9.84 Å². The molecular weight excluding hydrogens is 288 g/mol. The molecule has 0 amide bonds. The number of pyridine rings is 1. The fourth-order valence-corrected chi connectivity index (χ4v) is 4.43. The number of nitrogen functional groups attached to an aromatic ring is 1. The number of hydrogen-bond acceptors (Lipinski definition) is 5. The smallest absolute Gasteiger partial charge is 0.152 e. The van der Waals surface area contributed by atoms with E-state index < -0.39 is 9.84 Å². The van der Waals surface area contributed by atoms with E-state index in [1.165, 1.54) is 0 Å². The standard InChI is InChI=1S/C14H18N4O2S/c1-9-5-11(7-16-6-9)13-10(2)14(15)18(17-13)12-3-4-21(19,20)8-12/h5-7,12H,3-4,8,15H2,1-2H3. The van der Waals surface area contributed by atoms with Crippen LogP contribution in [0.25, 0.3) is 11.3 Å². The summed E-state index contributed by atoms with van der Waals surface area (Å²) in [5.41, 5.74) is 9.72. The van der Waals surface area contributed by atoms with Gasteiger partial charge < -0.3 is 5.73 Å². The number of nitrogens with zero attached hydrogens (tertiary/aromatic N) is 3. The summed E-state index contributed by atoms with van der Waals surface area (Å²) in [6.45, 7) is 3.87. The van der Waals surface area contributed by atoms with E-state index in [2.05, 4.69) is 10.1 Å². The summed E-state index contributed by atoms with van der Waals surface area (Å²) in [5, 5.41) is 4.56. The lowest BCUT2D eigenvalue weighted by Crippen LogP contribution is -2.14. The first-order valence-corrected chi connectivity index (χ1v) is 8.66. The zero-order valence-corrected chi connectivity index (χ0v) is 12.9. The molecule has 3 rings (SSSR count). The first kappa shape index (κ1) is 14.1. The van der Waals surface area contributed by atoms with Crippen molar-refractivity contribution >= 4 is 15.7 Å². The van der Waals surface area contributed by atoms with Crippen molar-refractivity contribution in [2.75, 3.05) is 17.2 Å². The molecule has 112 valence electrons. The summed E-state index contributed by atoms with van der Waals surface area (Å²) < 4.78 is 24.9. The molecule has 0 radical (unpaired) electrons. The van der Waals surface area contributed by atoms with Gasteiger partial charge in [-0.1, -0.05) is 0 Å². The second kappa shape index (κ2) is 4.84. The molecule has 2 aromatic rings. The van der Waals surface area contributed by atoms with Crippen LogP contribution < -0.4 is 5.73 Å². The molecule has 2 N–H and O–H groups in total. The van der Waals surface area contributed by atoms with E-state index in [0.717, 1.165) is 22.4 Å². The molecule has 1 unspecified atom stereocenters. The summed E-state index contributed by atoms with van der Waals surface area (Å²) >= 11 is 0. The summed E-state index contributed by atoms with van der Waals surface area (Å²) in [5.74, 6) is 0.856. The molecule has 1 saturated heterocycles. The van der Waals surface area contributed by atoms with Crippen LogP contribution in [0.1, 0.15) is 23.6 Å². The number of hydrogen-bond donors (Lipinski definition) is 1. The van der Waals surface area contributed by atoms with Crippen LogP contribution in [0.4, 0.5) is 5.82 Å². The van der Waals surface area contributed by atoms with Crippen LogP contribution in [0, 0.1) is 13.8 Å². The largest absolute Gasteiger partial charge is 0.384 e. The minimum Gasteiger partial charge on any atom is -0.384 e. The minimum atomic E-state index is -2.96. The van der Waals surface area contributed by atoms with Gasteiger partial charge in [0.2, 0.25) is 0 Å². The van der Waals surface area contributed by atoms with Gasteiger partial charge >= 0.3 is 0 Å². The summed E-state index contributed by atoms with van der Waals surface area (Å²) in [6, 6.07) is 1.83. The van der Waals surface area contributed by atoms with Gasteiger partial charge in [0.25, 0.3) is 0 Å². The maximum atomic E-state index is 11.6. The summed E-state index contributed by atoms with van der Waals surface area (Å²) in [4.78, 5) is 4.18. The van der Waals surface area contributed by atoms with E-state index in [1.807, 2.05) is 19.9 Å². The van der Waals surface area contributed by atoms with Gasteiger partial charge in [-0.25, -0.2) is 13.1 Å². The Balaban J connectivity index is 2.04. The third-order valence-corrected chi connectivity index (χ3v) is 5.65. The van der Waals surface area contributed by atoms with Crippen LogP contribution in [0.3, 0.4) is 0 Å². The molecule has 0 aliphatic carbocycles. The van der Waals surface area contributed by atoms with Crippen molar-refractivity contribution in [1.82, 2.24) is 14.8 Å². The molecule has 0 spiro atoms. The Kier molecular flexibility index (Phi) is 3.24. The monoisotopic (exact) mass is 306 g/mol. The molecule has 1 atom stereocenters. The SMILES string of the molecule is Cc1cncc(-c2nn(C3CCS(=O)(=O)C3)c(N)c2C)c1. The summed E-state index contributed by atoms with van der Waals surface area (Å²) in [6.07, 6.45) is 4.10. The Morgan fingerprint density at radius 3 is 2.71 bits per heavy atom. The Morgan fingerprint density at radius 2 is 2.10 bits per heavy atom. The zero-order valence-electron chi connectivity index (χ0n) is 12.1. The fraction of sp³-hybridized carbons (Fsp3) is 0.429. The highest BCUT2D eigenvalue weighted by Gasteiger charge is 2.31. The lowest BCUT2D eigenvalue weighted by molar-refractivity contribution is 0.508. The molecule has 7 heteroatoms. The van der Waals surface area contributed by atoms with E-state index in [-0.39, 0.29) is 17.5 Å². The van der Waals surface area contributed by atoms with Gasteiger partial charge in [-0.2, -0.15) is 5.10 Å². The van der Waals surface area contributed by atoms with Crippen LogP contribution in [0.5, 0.6) is 0 Å². The molecule has 3 heterocycles. The van der Waals surface area contributed by atoms with Crippen molar-refractivity contribution < 1.29 is 8.42 Å². The average Bonchev–Trinajstić information content (AvgIpc) is 2.91. The van der Waals surface area contributed by atoms with E-state index in [4.69, 9.17) is 5.73 Å². The maximum absolute atomic E-state index is 11.6. The van der Waals surface area contributed by atoms with Crippen LogP contribution in [0.15, 0.2) is 18.5 Å². The van der Waals surface area contributed by atoms with Gasteiger partial charge in [-0.15, -0.1) is 0 Å². The topological polar surface area (TPSA) is 90.9 Å². The molecule has 21 heavy (non-hydrogen) atoms. The van der Waals surface area contributed by atoms with Gasteiger partial charge in [0, 0.05) is 23.5 Å². The Hall–Kier alpha value is -1.89. The number of anilines is 1. The number of aryl methyl sites for hydroxylation is 1. The minimum absolute atomic E-state index is 0.115. The Bertz CT molecular complexity index is 795. The predicted molar refractivity (Wildman–Crippen MR) is 81.7 cm³/mol. The first-order chi connectivity index (χ1) is 9.87. The molecule has 0 bridgehead atoms. The van der Waals surface area contributed by atoms with Crippen LogP contribution >= 0.6 is 0 Å². The van der Waals surface area contributed by atoms with E-state index in [1.54, 1.807) is 17.1 Å². The molecule has 2 aromatic heterocycles. The van der Waals surface area contributed by atoms with Crippen LogP contribution in [0.2, 0.25) is 0 Å². The van der Waals surface area contributed by atoms with Crippen molar-refractivity contribution in [3.63, 3.8) is 0 Å². The van der Waals surface area contributed by atoms with Gasteiger partial charge in [0.05, 0.1) is 23.2 Å². The third kappa shape index (κ3) is 2.53. The highest BCUT2D eigenvalue weighted by atomic mass is 32.2. The van der Waals surface area contributed by atoms with Crippen LogP contribution in [-0.4, -0.2) is 34.7 Å². The molecule has 6 nitrogen and oxygen atoms in total. The average molecular weight is 306 g/mol. The van der Waals surface area contributed by atoms with Gasteiger partial charge in [-0.05, 0) is 31.9 Å². The lowest BCUT2D eigenvalue weighted by Gasteiger charge is -2.10. The molecule has 0 saturated carbocycles. The third-order valence-electron chi connectivity index (χ3n) is 3.90. The van der Waals surface area contributed by atoms with Crippen molar-refractivity contribution in [3.8, 4) is 11.3 Å². The maximum Gasteiger partial charge on any atom is 0.152 e. The van der Waals surface area contributed by atoms with Gasteiger partial charge in [0.15, 0.2) is 9.84 Å². The molecule has 0 aromatic carbocycles. The quantitative estimate of drug-likeness (QED) is 0.908. The second-order valence-corrected chi connectivity index (χ2v) is 7.84. The number of aromatic nitrogens is 3. The van der Waals surface area contributed by atoms with Crippen molar-refractivity contribution in [2.24, 2.45) is 0 Å². The highest BCUT2D eigenvalue weighted by molar-refractivity contribution is 7.91. The Morgan fingerprint density at radius 1 is 1.33 bits per heavy atom. The fourth-order valence-electron chi connectivity index (χ4n) is 2.74. The lowest BCUT2D eigenvalue weighted by atomic mass is 10.1. The zero-order chi connectivity index (χ0) is 15.2. The second-order valence-electron chi connectivity index (χ2n) is 5.61. The van der Waals surface area contributed by atoms with Gasteiger partial charge in [-0.3, -0.25) is 4.98 Å². The highest BCUT2D eigenvalue weighted by Crippen LogP contribution is 2.32. The molecule has 1 aliphatic heterocycles. The molecule has 1 fully saturated rings. The van der Waals surface area contributed by atoms with E-state index >= 15 is 0 Å². The number of nitrogens with two attached hydrogens (primary N) is 1. The molecular formula is C14H18N4O2S. The first-order valence-electron chi connectivity index (χ1n) is 6.84. The summed E-state index contributed by atoms with van der Waals surface area (Å²) in [7, 11) is -2.96.